The molecule has 3 heterocycles. The van der Waals surface area contributed by atoms with E-state index in [4.69, 9.17) is 4.98 Å². The van der Waals surface area contributed by atoms with E-state index in [-0.39, 0.29) is 11.6 Å². The van der Waals surface area contributed by atoms with E-state index in [2.05, 4.69) is 22.4 Å². The van der Waals surface area contributed by atoms with E-state index < -0.39 is 0 Å². The molecule has 0 spiro atoms. The highest BCUT2D eigenvalue weighted by molar-refractivity contribution is 5.29. The smallest absolute Gasteiger partial charge is 0.255 e. The number of fused-ring (bicyclic) bond motifs is 4. The number of nitrogens with zero attached hydrogens (tertiary/aromatic N) is 1. The Bertz CT molecular complexity index is 693. The lowest BCUT2D eigenvalue weighted by molar-refractivity contribution is 0.498. The molecule has 0 aliphatic carbocycles. The van der Waals surface area contributed by atoms with E-state index in [1.807, 2.05) is 18.2 Å². The van der Waals surface area contributed by atoms with Crippen LogP contribution in [0.15, 0.2) is 35.1 Å². The predicted molar refractivity (Wildman–Crippen MR) is 76.7 cm³/mol. The predicted octanol–water partition coefficient (Wildman–Crippen LogP) is 1.71. The molecular formula is C16H17N3O. The minimum atomic E-state index is 0.0405. The van der Waals surface area contributed by atoms with Crippen molar-refractivity contribution in [2.75, 3.05) is 0 Å². The highest BCUT2D eigenvalue weighted by atomic mass is 16.1. The molecule has 1 fully saturated rings. The first-order chi connectivity index (χ1) is 9.79. The Hall–Kier alpha value is -1.94. The lowest BCUT2D eigenvalue weighted by atomic mass is 10.0. The second-order valence-corrected chi connectivity index (χ2v) is 5.73. The summed E-state index contributed by atoms with van der Waals surface area (Å²) in [4.78, 5) is 20.0. The number of nitrogens with one attached hydrogen (secondary N) is 2. The number of H-pyrrole nitrogens is 1. The van der Waals surface area contributed by atoms with Crippen molar-refractivity contribution in [1.82, 2.24) is 15.3 Å². The van der Waals surface area contributed by atoms with E-state index >= 15 is 0 Å². The molecule has 0 amide bonds. The third-order valence-corrected chi connectivity index (χ3v) is 4.33. The van der Waals surface area contributed by atoms with Gasteiger partial charge < -0.3 is 10.3 Å². The van der Waals surface area contributed by atoms with Crippen LogP contribution in [-0.4, -0.2) is 16.0 Å². The molecule has 2 N–H and O–H groups in total. The Morgan fingerprint density at radius 1 is 1.20 bits per heavy atom. The fourth-order valence-corrected chi connectivity index (χ4v) is 3.41. The zero-order chi connectivity index (χ0) is 13.5. The van der Waals surface area contributed by atoms with Gasteiger partial charge in [0, 0.05) is 24.9 Å². The first-order valence-electron chi connectivity index (χ1n) is 7.21. The molecule has 4 nitrogen and oxygen atoms in total. The van der Waals surface area contributed by atoms with Crippen molar-refractivity contribution >= 4 is 0 Å². The monoisotopic (exact) mass is 267 g/mol. The van der Waals surface area contributed by atoms with Gasteiger partial charge >= 0.3 is 0 Å². The summed E-state index contributed by atoms with van der Waals surface area (Å²) >= 11 is 0. The van der Waals surface area contributed by atoms with Crippen LogP contribution in [0, 0.1) is 0 Å². The van der Waals surface area contributed by atoms with Crippen molar-refractivity contribution < 1.29 is 0 Å². The van der Waals surface area contributed by atoms with Gasteiger partial charge in [-0.3, -0.25) is 4.79 Å². The Morgan fingerprint density at radius 3 is 2.90 bits per heavy atom. The molecule has 2 aliphatic heterocycles. The summed E-state index contributed by atoms with van der Waals surface area (Å²) in [6, 6.07) is 10.9. The summed E-state index contributed by atoms with van der Waals surface area (Å²) in [6.07, 6.45) is 3.78. The van der Waals surface area contributed by atoms with Crippen LogP contribution in [0.5, 0.6) is 0 Å². The zero-order valence-corrected chi connectivity index (χ0v) is 11.2. The van der Waals surface area contributed by atoms with E-state index in [1.54, 1.807) is 0 Å². The Balaban J connectivity index is 1.72. The summed E-state index contributed by atoms with van der Waals surface area (Å²) in [5.74, 6) is 0.779. The number of aromatic nitrogens is 2. The summed E-state index contributed by atoms with van der Waals surface area (Å²) < 4.78 is 0. The maximum atomic E-state index is 12.3. The number of hydrogen-bond donors (Lipinski definition) is 2. The summed E-state index contributed by atoms with van der Waals surface area (Å²) in [7, 11) is 0. The summed E-state index contributed by atoms with van der Waals surface area (Å²) in [5, 5.41) is 3.50. The molecule has 20 heavy (non-hydrogen) atoms. The highest BCUT2D eigenvalue weighted by Gasteiger charge is 2.35. The van der Waals surface area contributed by atoms with Crippen molar-refractivity contribution in [1.29, 1.82) is 0 Å². The number of aromatic amines is 1. The molecule has 1 aromatic heterocycles. The molecule has 2 unspecified atom stereocenters. The molecule has 4 rings (SSSR count). The third-order valence-electron chi connectivity index (χ3n) is 4.33. The minimum absolute atomic E-state index is 0.0405. The van der Waals surface area contributed by atoms with Crippen LogP contribution in [0.25, 0.3) is 0 Å². The summed E-state index contributed by atoms with van der Waals surface area (Å²) in [6.45, 7) is 0. The van der Waals surface area contributed by atoms with Crippen LogP contribution in [-0.2, 0) is 12.8 Å². The molecule has 102 valence electrons. The van der Waals surface area contributed by atoms with Crippen LogP contribution in [0.1, 0.15) is 41.5 Å². The van der Waals surface area contributed by atoms with Gasteiger partial charge in [0.05, 0.1) is 11.3 Å². The molecule has 2 bridgehead atoms. The van der Waals surface area contributed by atoms with Gasteiger partial charge in [-0.15, -0.1) is 0 Å². The zero-order valence-electron chi connectivity index (χ0n) is 11.2. The van der Waals surface area contributed by atoms with Crippen LogP contribution < -0.4 is 10.9 Å². The van der Waals surface area contributed by atoms with Gasteiger partial charge in [-0.05, 0) is 18.4 Å². The fraction of sp³-hybridized carbons (Fsp3) is 0.375. The highest BCUT2D eigenvalue weighted by Crippen LogP contribution is 2.32. The second kappa shape index (κ2) is 4.56. The van der Waals surface area contributed by atoms with Gasteiger partial charge in [0.2, 0.25) is 0 Å². The van der Waals surface area contributed by atoms with Crippen molar-refractivity contribution in [3.05, 3.63) is 63.3 Å². The van der Waals surface area contributed by atoms with E-state index in [0.29, 0.717) is 12.5 Å². The minimum Gasteiger partial charge on any atom is -0.310 e. The van der Waals surface area contributed by atoms with E-state index in [0.717, 1.165) is 36.3 Å². The van der Waals surface area contributed by atoms with Crippen molar-refractivity contribution in [3.63, 3.8) is 0 Å². The van der Waals surface area contributed by atoms with Gasteiger partial charge in [-0.2, -0.15) is 0 Å². The molecule has 0 radical (unpaired) electrons. The molecule has 2 atom stereocenters. The van der Waals surface area contributed by atoms with Gasteiger partial charge in [-0.1, -0.05) is 30.3 Å². The number of hydrogen-bond acceptors (Lipinski definition) is 3. The van der Waals surface area contributed by atoms with Gasteiger partial charge in [-0.25, -0.2) is 4.98 Å². The maximum Gasteiger partial charge on any atom is 0.255 e. The number of rotatable bonds is 2. The SMILES string of the molecule is O=c1[nH]c(Cc2ccccc2)nc2c1C1CCC(C2)N1. The average molecular weight is 267 g/mol. The Kier molecular flexibility index (Phi) is 2.70. The van der Waals surface area contributed by atoms with E-state index in [9.17, 15) is 4.79 Å². The van der Waals surface area contributed by atoms with Gasteiger partial charge in [0.1, 0.15) is 5.82 Å². The molecule has 2 aliphatic rings. The second-order valence-electron chi connectivity index (χ2n) is 5.73. The lowest BCUT2D eigenvalue weighted by Crippen LogP contribution is -2.37. The standard InChI is InChI=1S/C16H17N3O/c20-16-15-12-7-6-11(17-12)9-13(15)18-14(19-16)8-10-4-2-1-3-5-10/h1-5,11-12,17H,6-9H2,(H,18,19,20). The van der Waals surface area contributed by atoms with E-state index in [1.165, 1.54) is 5.56 Å². The average Bonchev–Trinajstić information content (AvgIpc) is 2.81. The molecule has 4 heteroatoms. The normalized spacial score (nSPS) is 23.6. The molecule has 2 aromatic rings. The fourth-order valence-electron chi connectivity index (χ4n) is 3.41. The topological polar surface area (TPSA) is 57.8 Å². The van der Waals surface area contributed by atoms with Gasteiger partial charge in [0.15, 0.2) is 0 Å². The quantitative estimate of drug-likeness (QED) is 0.871. The third kappa shape index (κ3) is 1.96. The van der Waals surface area contributed by atoms with Gasteiger partial charge in [0.25, 0.3) is 5.56 Å². The first kappa shape index (κ1) is 11.9. The number of benzene rings is 1. The molecule has 1 saturated heterocycles. The lowest BCUT2D eigenvalue weighted by Gasteiger charge is -2.23. The summed E-state index contributed by atoms with van der Waals surface area (Å²) in [5.41, 5.74) is 3.09. The van der Waals surface area contributed by atoms with Crippen LogP contribution in [0.4, 0.5) is 0 Å². The Labute approximate surface area is 117 Å². The molecular weight excluding hydrogens is 250 g/mol. The maximum absolute atomic E-state index is 12.3. The first-order valence-corrected chi connectivity index (χ1v) is 7.21. The largest absolute Gasteiger partial charge is 0.310 e. The van der Waals surface area contributed by atoms with Crippen molar-refractivity contribution in [2.24, 2.45) is 0 Å². The van der Waals surface area contributed by atoms with Crippen LogP contribution in [0.2, 0.25) is 0 Å². The van der Waals surface area contributed by atoms with Crippen molar-refractivity contribution in [2.45, 2.75) is 37.8 Å². The Morgan fingerprint density at radius 2 is 2.05 bits per heavy atom. The molecule has 0 saturated carbocycles. The molecule has 1 aromatic carbocycles. The van der Waals surface area contributed by atoms with Crippen LogP contribution >= 0.6 is 0 Å². The van der Waals surface area contributed by atoms with Crippen LogP contribution in [0.3, 0.4) is 0 Å². The van der Waals surface area contributed by atoms with Crippen molar-refractivity contribution in [3.8, 4) is 0 Å².